The van der Waals surface area contributed by atoms with Gasteiger partial charge in [0.25, 0.3) is 0 Å². The maximum Gasteiger partial charge on any atom is 1.00 e. The van der Waals surface area contributed by atoms with Crippen LogP contribution in [0.25, 0.3) is 0 Å². The van der Waals surface area contributed by atoms with Gasteiger partial charge in [0.2, 0.25) is 0 Å². The topological polar surface area (TPSA) is 9.23 Å². The Labute approximate surface area is 75.5 Å². The Balaban J connectivity index is 0.000000720. The first-order chi connectivity index (χ1) is 5.38. The van der Waals surface area contributed by atoms with Gasteiger partial charge in [0.1, 0.15) is 0 Å². The summed E-state index contributed by atoms with van der Waals surface area (Å²) in [5.74, 6) is 0. The molecule has 0 N–H and O–H groups in total. The van der Waals surface area contributed by atoms with Gasteiger partial charge in [-0.2, -0.15) is 0 Å². The van der Waals surface area contributed by atoms with Gasteiger partial charge in [0, 0.05) is 11.0 Å². The van der Waals surface area contributed by atoms with Gasteiger partial charge in [-0.3, -0.25) is 0 Å². The fraction of sp³-hybridized carbons (Fsp3) is 0. The van der Waals surface area contributed by atoms with Crippen LogP contribution >= 0.6 is 23.4 Å². The van der Waals surface area contributed by atoms with Crippen molar-refractivity contribution < 1.29 is 6.16 Å². The standard InChI is InChI=1S/C8H4ClOS/c9-8-5-11-4-6-1-2-10-3-7(6)8/h1-4H/p+1. The van der Waals surface area contributed by atoms with E-state index < -0.39 is 0 Å². The third-order valence-corrected chi connectivity index (χ3v) is 2.50. The van der Waals surface area contributed by atoms with Crippen LogP contribution in [0.4, 0.5) is 0 Å². The average Bonchev–Trinajstić information content (AvgIpc) is 2.06. The predicted octanol–water partition coefficient (Wildman–Crippen LogP) is 3.04. The monoisotopic (exact) mass is 184 g/mol. The van der Waals surface area contributed by atoms with Crippen molar-refractivity contribution in [2.75, 3.05) is 0 Å². The molecule has 0 saturated carbocycles. The van der Waals surface area contributed by atoms with Crippen molar-refractivity contribution in [3.63, 3.8) is 0 Å². The van der Waals surface area contributed by atoms with Crippen LogP contribution < -0.4 is 0 Å². The van der Waals surface area contributed by atoms with Crippen molar-refractivity contribution in [1.29, 1.82) is 0 Å². The number of hydrogen-bond acceptors (Lipinski definition) is 2. The number of halogens is 1. The molecule has 2 rings (SSSR count). The average molecular weight is 185 g/mol. The third-order valence-electron chi connectivity index (χ3n) is 1.39. The third kappa shape index (κ3) is 1.24. The van der Waals surface area contributed by atoms with Gasteiger partial charge in [0.15, 0.2) is 0 Å². The highest BCUT2D eigenvalue weighted by Gasteiger charge is 2.13. The predicted molar refractivity (Wildman–Crippen MR) is 47.7 cm³/mol. The largest absolute Gasteiger partial charge is 1.00 e. The quantitative estimate of drug-likeness (QED) is 0.572. The molecule has 11 heavy (non-hydrogen) atoms. The van der Waals surface area contributed by atoms with Crippen molar-refractivity contribution in [3.8, 4) is 0 Å². The molecule has 0 aromatic rings. The maximum absolute atomic E-state index is 5.85. The Kier molecular flexibility index (Phi) is 1.80. The summed E-state index contributed by atoms with van der Waals surface area (Å²) in [4.78, 5) is 0. The van der Waals surface area contributed by atoms with Crippen molar-refractivity contribution >= 4 is 23.4 Å². The van der Waals surface area contributed by atoms with Crippen LogP contribution in [-0.2, 0) is 4.74 Å². The van der Waals surface area contributed by atoms with Crippen molar-refractivity contribution in [3.05, 3.63) is 45.6 Å². The summed E-state index contributed by atoms with van der Waals surface area (Å²) < 4.78 is 4.97. The number of ether oxygens (including phenoxy) is 1. The summed E-state index contributed by atoms with van der Waals surface area (Å²) in [6, 6.07) is 0. The van der Waals surface area contributed by atoms with Crippen molar-refractivity contribution in [2.24, 2.45) is 0 Å². The van der Waals surface area contributed by atoms with Crippen LogP contribution in [0.2, 0.25) is 0 Å². The number of hydrogen-bond donors (Lipinski definition) is 0. The van der Waals surface area contributed by atoms with E-state index in [4.69, 9.17) is 16.3 Å². The molecule has 0 aliphatic carbocycles. The van der Waals surface area contributed by atoms with E-state index in [0.29, 0.717) is 5.03 Å². The van der Waals surface area contributed by atoms with E-state index in [9.17, 15) is 0 Å². The van der Waals surface area contributed by atoms with Crippen LogP contribution in [0.1, 0.15) is 1.43 Å². The zero-order valence-corrected chi connectivity index (χ0v) is 7.08. The van der Waals surface area contributed by atoms with Gasteiger partial charge < -0.3 is 4.74 Å². The molecule has 0 unspecified atom stereocenters. The van der Waals surface area contributed by atoms with Crippen LogP contribution in [0.3, 0.4) is 0 Å². The normalized spacial score (nSPS) is 21.0. The van der Waals surface area contributed by atoms with Crippen LogP contribution in [0, 0.1) is 5.41 Å². The zero-order chi connectivity index (χ0) is 7.68. The Hall–Kier alpha value is -0.600. The van der Waals surface area contributed by atoms with E-state index in [1.54, 1.807) is 12.5 Å². The molecule has 2 aliphatic rings. The summed E-state index contributed by atoms with van der Waals surface area (Å²) in [6.07, 6.45) is 5.14. The van der Waals surface area contributed by atoms with Gasteiger partial charge in [-0.25, -0.2) is 0 Å². The molecule has 55 valence electrons. The first-order valence-electron chi connectivity index (χ1n) is 3.05. The summed E-state index contributed by atoms with van der Waals surface area (Å²) >= 11 is 7.31. The SMILES string of the molecule is ClC1=[C]SC=C2C=COC=C12.[H+]. The Morgan fingerprint density at radius 3 is 3.36 bits per heavy atom. The molecule has 0 aromatic carbocycles. The molecular weight excluding hydrogens is 180 g/mol. The molecule has 0 fully saturated rings. The van der Waals surface area contributed by atoms with Crippen LogP contribution in [-0.4, -0.2) is 0 Å². The molecule has 0 spiro atoms. The first kappa shape index (κ1) is 7.07. The second-order valence-corrected chi connectivity index (χ2v) is 3.13. The number of fused-ring (bicyclic) bond motifs is 1. The van der Waals surface area contributed by atoms with E-state index in [2.05, 4.69) is 5.41 Å². The lowest BCUT2D eigenvalue weighted by Crippen LogP contribution is -1.95. The lowest BCUT2D eigenvalue weighted by Gasteiger charge is -2.13. The molecular formula is C8H5ClOS+. The van der Waals surface area contributed by atoms with E-state index in [1.165, 1.54) is 11.8 Å². The molecule has 3 heteroatoms. The second kappa shape index (κ2) is 2.80. The number of thioether (sulfide) groups is 1. The molecule has 2 heterocycles. The molecule has 0 saturated heterocycles. The molecule has 0 aromatic heterocycles. The summed E-state index contributed by atoms with van der Waals surface area (Å²) in [5, 5.41) is 5.53. The molecule has 1 radical (unpaired) electrons. The van der Waals surface area contributed by atoms with Crippen molar-refractivity contribution in [2.45, 2.75) is 0 Å². The summed E-state index contributed by atoms with van der Waals surface area (Å²) in [5.41, 5.74) is 2.00. The van der Waals surface area contributed by atoms with E-state index in [1.807, 2.05) is 11.5 Å². The lowest BCUT2D eigenvalue weighted by molar-refractivity contribution is 0.395. The highest BCUT2D eigenvalue weighted by atomic mass is 35.5. The molecule has 1 nitrogen and oxygen atoms in total. The Morgan fingerprint density at radius 2 is 2.55 bits per heavy atom. The van der Waals surface area contributed by atoms with Gasteiger partial charge in [-0.15, -0.1) is 0 Å². The second-order valence-electron chi connectivity index (χ2n) is 2.08. The summed E-state index contributed by atoms with van der Waals surface area (Å²) in [6.45, 7) is 0. The van der Waals surface area contributed by atoms with E-state index >= 15 is 0 Å². The minimum Gasteiger partial charge on any atom is -0.472 e. The lowest BCUT2D eigenvalue weighted by atomic mass is 10.1. The van der Waals surface area contributed by atoms with Gasteiger partial charge >= 0.3 is 1.43 Å². The Bertz CT molecular complexity index is 304. The number of rotatable bonds is 0. The minimum atomic E-state index is 0. The van der Waals surface area contributed by atoms with E-state index in [-0.39, 0.29) is 1.43 Å². The highest BCUT2D eigenvalue weighted by Crippen LogP contribution is 2.34. The maximum atomic E-state index is 5.85. The zero-order valence-electron chi connectivity index (χ0n) is 6.50. The van der Waals surface area contributed by atoms with Crippen molar-refractivity contribution in [1.82, 2.24) is 0 Å². The Morgan fingerprint density at radius 1 is 1.64 bits per heavy atom. The van der Waals surface area contributed by atoms with Gasteiger partial charge in [0.05, 0.1) is 17.6 Å². The molecule has 0 amide bonds. The summed E-state index contributed by atoms with van der Waals surface area (Å²) in [7, 11) is 0. The molecule has 2 aliphatic heterocycles. The fourth-order valence-electron chi connectivity index (χ4n) is 0.859. The highest BCUT2D eigenvalue weighted by molar-refractivity contribution is 8.03. The van der Waals surface area contributed by atoms with Crippen LogP contribution in [0.5, 0.6) is 0 Å². The number of allylic oxidation sites excluding steroid dienone is 4. The fourth-order valence-corrected chi connectivity index (χ4v) is 1.75. The smallest absolute Gasteiger partial charge is 0.472 e. The first-order valence-corrected chi connectivity index (χ1v) is 4.31. The molecule has 0 atom stereocenters. The minimum absolute atomic E-state index is 0. The van der Waals surface area contributed by atoms with Crippen LogP contribution in [0.15, 0.2) is 40.2 Å². The van der Waals surface area contributed by atoms with E-state index in [0.717, 1.165) is 11.1 Å². The van der Waals surface area contributed by atoms with Gasteiger partial charge in [-0.05, 0) is 17.1 Å². The molecule has 0 bridgehead atoms. The van der Waals surface area contributed by atoms with Gasteiger partial charge in [-0.1, -0.05) is 23.4 Å².